The van der Waals surface area contributed by atoms with Crippen molar-refractivity contribution < 1.29 is 19.5 Å². The molecule has 2 heterocycles. The summed E-state index contributed by atoms with van der Waals surface area (Å²) in [5.74, 6) is -0.0974. The van der Waals surface area contributed by atoms with Crippen molar-refractivity contribution in [1.82, 2.24) is 30.5 Å². The quantitative estimate of drug-likeness (QED) is 0.106. The Kier molecular flexibility index (Phi) is 10.2. The van der Waals surface area contributed by atoms with Crippen LogP contribution in [0.1, 0.15) is 43.8 Å². The first kappa shape index (κ1) is 30.2. The van der Waals surface area contributed by atoms with Crippen molar-refractivity contribution in [2.24, 2.45) is 0 Å². The normalized spacial score (nSPS) is 12.6. The highest BCUT2D eigenvalue weighted by Crippen LogP contribution is 2.24. The Labute approximate surface area is 248 Å². The fourth-order valence-electron chi connectivity index (χ4n) is 4.33. The van der Waals surface area contributed by atoms with E-state index in [1.54, 1.807) is 80.1 Å². The van der Waals surface area contributed by atoms with Crippen LogP contribution in [-0.2, 0) is 11.2 Å². The molecule has 0 aliphatic rings. The number of allylic oxidation sites excluding steroid dienone is 2. The lowest BCUT2D eigenvalue weighted by Crippen LogP contribution is -2.29. The number of aromatic nitrogens is 3. The van der Waals surface area contributed by atoms with Crippen molar-refractivity contribution in [1.29, 1.82) is 0 Å². The molecule has 4 N–H and O–H groups in total. The lowest BCUT2D eigenvalue weighted by molar-refractivity contribution is -0.103. The van der Waals surface area contributed by atoms with Gasteiger partial charge in [0.05, 0.1) is 28.3 Å². The molecule has 0 bridgehead atoms. The number of aliphatic hydroxyl groups is 1. The number of pyridine rings is 1. The third kappa shape index (κ3) is 7.28. The monoisotopic (exact) mass is 586 g/mol. The van der Waals surface area contributed by atoms with Gasteiger partial charge < -0.3 is 25.6 Å². The van der Waals surface area contributed by atoms with Gasteiger partial charge in [0, 0.05) is 55.9 Å². The molecule has 0 aliphatic carbocycles. The second kappa shape index (κ2) is 14.2. The number of hydrogen-bond acceptors (Lipinski definition) is 8. The van der Waals surface area contributed by atoms with Gasteiger partial charge in [-0.25, -0.2) is 4.98 Å². The first-order chi connectivity index (χ1) is 20.3. The van der Waals surface area contributed by atoms with Crippen molar-refractivity contribution in [3.05, 3.63) is 112 Å². The number of carbonyl (C=O) groups is 3. The molecule has 2 aromatic carbocycles. The van der Waals surface area contributed by atoms with Gasteiger partial charge in [0.2, 0.25) is 0 Å². The summed E-state index contributed by atoms with van der Waals surface area (Å²) in [6.07, 6.45) is 7.68. The zero-order chi connectivity index (χ0) is 30.1. The van der Waals surface area contributed by atoms with Gasteiger partial charge in [0.1, 0.15) is 5.82 Å². The van der Waals surface area contributed by atoms with Crippen LogP contribution in [0.4, 0.5) is 0 Å². The molecular formula is C31H31ClN6O4. The van der Waals surface area contributed by atoms with Crippen LogP contribution in [0.3, 0.4) is 0 Å². The summed E-state index contributed by atoms with van der Waals surface area (Å²) < 4.78 is 0. The van der Waals surface area contributed by atoms with Crippen LogP contribution < -0.4 is 10.6 Å². The number of benzene rings is 2. The SMILES string of the molecule is CN/C=C\C(NCC(O)c1cccc(Cl)c1)=C(/C=O)c1nc2cc(C(=O)N(C)CCc3cccnc3)c(C=O)cc2[nH]1. The van der Waals surface area contributed by atoms with Crippen molar-refractivity contribution in [2.75, 3.05) is 27.2 Å². The maximum absolute atomic E-state index is 13.3. The average Bonchev–Trinajstić information content (AvgIpc) is 3.42. The fourth-order valence-corrected chi connectivity index (χ4v) is 4.53. The van der Waals surface area contributed by atoms with Crippen molar-refractivity contribution in [3.8, 4) is 0 Å². The zero-order valence-corrected chi connectivity index (χ0v) is 23.9. The van der Waals surface area contributed by atoms with Gasteiger partial charge in [0.15, 0.2) is 12.6 Å². The largest absolute Gasteiger partial charge is 0.394 e. The van der Waals surface area contributed by atoms with E-state index in [9.17, 15) is 19.5 Å². The number of rotatable bonds is 13. The highest BCUT2D eigenvalue weighted by Gasteiger charge is 2.20. The first-order valence-electron chi connectivity index (χ1n) is 13.2. The van der Waals surface area contributed by atoms with Gasteiger partial charge in [-0.05, 0) is 60.2 Å². The third-order valence-electron chi connectivity index (χ3n) is 6.62. The van der Waals surface area contributed by atoms with E-state index >= 15 is 0 Å². The minimum atomic E-state index is -0.899. The number of H-pyrrole nitrogens is 1. The van der Waals surface area contributed by atoms with E-state index in [-0.39, 0.29) is 35.0 Å². The van der Waals surface area contributed by atoms with Crippen molar-refractivity contribution in [2.45, 2.75) is 12.5 Å². The van der Waals surface area contributed by atoms with Gasteiger partial charge >= 0.3 is 0 Å². The minimum Gasteiger partial charge on any atom is -0.394 e. The lowest BCUT2D eigenvalue weighted by atomic mass is 10.1. The van der Waals surface area contributed by atoms with Crippen LogP contribution in [0.25, 0.3) is 16.6 Å². The first-order valence-corrected chi connectivity index (χ1v) is 13.6. The van der Waals surface area contributed by atoms with Gasteiger partial charge in [0.25, 0.3) is 5.91 Å². The summed E-state index contributed by atoms with van der Waals surface area (Å²) in [7, 11) is 3.38. The Morgan fingerprint density at radius 1 is 1.19 bits per heavy atom. The molecule has 11 heteroatoms. The lowest BCUT2D eigenvalue weighted by Gasteiger charge is -2.18. The molecule has 4 rings (SSSR count). The number of nitrogens with one attached hydrogen (secondary N) is 3. The molecule has 1 atom stereocenters. The van der Waals surface area contributed by atoms with E-state index < -0.39 is 6.10 Å². The smallest absolute Gasteiger partial charge is 0.254 e. The molecule has 1 unspecified atom stereocenters. The third-order valence-corrected chi connectivity index (χ3v) is 6.85. The number of aldehydes is 2. The average molecular weight is 587 g/mol. The molecule has 4 aromatic rings. The van der Waals surface area contributed by atoms with E-state index in [0.717, 1.165) is 5.56 Å². The van der Waals surface area contributed by atoms with Crippen LogP contribution in [0.5, 0.6) is 0 Å². The standard InChI is InChI=1S/C31H31ClN6O4/c1-33-11-8-26(35-17-29(41)21-6-3-7-23(32)13-21)25(19-40)30-36-27-14-22(18-39)24(15-28(27)37-30)31(42)38(2)12-9-20-5-4-10-34-16-20/h3-8,10-11,13-16,18-19,29,33,35,41H,9,12,17H2,1-2H3,(H,36,37)/b11-8-,26-25-. The summed E-state index contributed by atoms with van der Waals surface area (Å²) in [5, 5.41) is 17.2. The topological polar surface area (TPSA) is 140 Å². The van der Waals surface area contributed by atoms with Crippen LogP contribution in [-0.4, -0.2) is 70.6 Å². The number of amides is 1. The number of imidazole rings is 1. The van der Waals surface area contributed by atoms with Gasteiger partial charge in [-0.3, -0.25) is 19.4 Å². The van der Waals surface area contributed by atoms with E-state index in [0.29, 0.717) is 52.9 Å². The molecule has 42 heavy (non-hydrogen) atoms. The molecule has 0 fully saturated rings. The van der Waals surface area contributed by atoms with Crippen LogP contribution >= 0.6 is 11.6 Å². The van der Waals surface area contributed by atoms with E-state index in [4.69, 9.17) is 11.6 Å². The van der Waals surface area contributed by atoms with Crippen LogP contribution in [0.15, 0.2) is 78.9 Å². The van der Waals surface area contributed by atoms with E-state index in [1.165, 1.54) is 0 Å². The van der Waals surface area contributed by atoms with Gasteiger partial charge in [-0.15, -0.1) is 0 Å². The molecule has 1 amide bonds. The van der Waals surface area contributed by atoms with Gasteiger partial charge in [-0.2, -0.15) is 0 Å². The van der Waals surface area contributed by atoms with Crippen molar-refractivity contribution >= 4 is 46.7 Å². The fraction of sp³-hybridized carbons (Fsp3) is 0.194. The number of hydrogen-bond donors (Lipinski definition) is 4. The summed E-state index contributed by atoms with van der Waals surface area (Å²) >= 11 is 6.06. The summed E-state index contributed by atoms with van der Waals surface area (Å²) in [6.45, 7) is 0.513. The number of likely N-dealkylation sites (N-methyl/N-ethyl adjacent to an activating group) is 1. The van der Waals surface area contributed by atoms with Crippen LogP contribution in [0.2, 0.25) is 5.02 Å². The second-order valence-electron chi connectivity index (χ2n) is 9.52. The number of aromatic amines is 1. The number of carbonyl (C=O) groups excluding carboxylic acids is 3. The highest BCUT2D eigenvalue weighted by atomic mass is 35.5. The van der Waals surface area contributed by atoms with E-state index in [1.807, 2.05) is 12.1 Å². The number of aliphatic hydroxyl groups excluding tert-OH is 1. The Balaban J connectivity index is 1.62. The van der Waals surface area contributed by atoms with Crippen molar-refractivity contribution in [3.63, 3.8) is 0 Å². The Morgan fingerprint density at radius 3 is 2.71 bits per heavy atom. The zero-order valence-electron chi connectivity index (χ0n) is 23.2. The Bertz CT molecular complexity index is 1630. The molecule has 2 aromatic heterocycles. The van der Waals surface area contributed by atoms with Crippen LogP contribution in [0, 0.1) is 0 Å². The minimum absolute atomic E-state index is 0.0839. The molecule has 0 saturated carbocycles. The molecule has 10 nitrogen and oxygen atoms in total. The Hall–Kier alpha value is -4.80. The maximum Gasteiger partial charge on any atom is 0.254 e. The van der Waals surface area contributed by atoms with Gasteiger partial charge in [-0.1, -0.05) is 29.8 Å². The predicted octanol–water partition coefficient (Wildman–Crippen LogP) is 3.70. The predicted molar refractivity (Wildman–Crippen MR) is 162 cm³/mol. The molecule has 0 saturated heterocycles. The summed E-state index contributed by atoms with van der Waals surface area (Å²) in [5.41, 5.74) is 3.49. The summed E-state index contributed by atoms with van der Waals surface area (Å²) in [4.78, 5) is 50.8. The molecular weight excluding hydrogens is 556 g/mol. The number of nitrogens with zero attached hydrogens (tertiary/aromatic N) is 3. The highest BCUT2D eigenvalue weighted by molar-refractivity contribution is 6.30. The molecule has 0 spiro atoms. The summed E-state index contributed by atoms with van der Waals surface area (Å²) in [6, 6.07) is 13.7. The Morgan fingerprint density at radius 2 is 2.02 bits per heavy atom. The second-order valence-corrected chi connectivity index (χ2v) is 9.95. The molecule has 0 aliphatic heterocycles. The molecule has 0 radical (unpaired) electrons. The molecule has 216 valence electrons. The number of halogens is 1. The number of fused-ring (bicyclic) bond motifs is 1. The maximum atomic E-state index is 13.3. The van der Waals surface area contributed by atoms with E-state index in [2.05, 4.69) is 25.6 Å².